The van der Waals surface area contributed by atoms with Crippen LogP contribution in [0.3, 0.4) is 0 Å². The van der Waals surface area contributed by atoms with E-state index >= 15 is 0 Å². The van der Waals surface area contributed by atoms with Gasteiger partial charge in [-0.1, -0.05) is 90.1 Å². The average Bonchev–Trinajstić information content (AvgIpc) is 2.98. The molecule has 1 fully saturated rings. The van der Waals surface area contributed by atoms with Crippen molar-refractivity contribution in [2.24, 2.45) is 0 Å². The maximum atomic E-state index is 14.2. The normalized spacial score (nSPS) is 14.7. The molecular weight excluding hydrogens is 626 g/mol. The molecule has 218 valence electrons. The van der Waals surface area contributed by atoms with Gasteiger partial charge in [0.25, 0.3) is 10.0 Å². The molecule has 0 spiro atoms. The molecule has 0 radical (unpaired) electrons. The van der Waals surface area contributed by atoms with Crippen molar-refractivity contribution in [1.29, 1.82) is 0 Å². The van der Waals surface area contributed by atoms with Gasteiger partial charge in [-0.2, -0.15) is 0 Å². The summed E-state index contributed by atoms with van der Waals surface area (Å²) in [5, 5.41) is 3.62. The van der Waals surface area contributed by atoms with Gasteiger partial charge in [-0.25, -0.2) is 8.42 Å². The fourth-order valence-electron chi connectivity index (χ4n) is 5.13. The smallest absolute Gasteiger partial charge is 0.264 e. The number of carbonyl (C=O) groups excluding carboxylic acids is 2. The van der Waals surface area contributed by atoms with Crippen molar-refractivity contribution < 1.29 is 18.0 Å². The van der Waals surface area contributed by atoms with Gasteiger partial charge in [-0.15, -0.1) is 0 Å². The number of rotatable bonds is 11. The zero-order valence-corrected chi connectivity index (χ0v) is 26.2. The molecule has 3 aromatic carbocycles. The number of hydrogen-bond donors (Lipinski definition) is 1. The summed E-state index contributed by atoms with van der Waals surface area (Å²) in [6.45, 7) is 1.43. The van der Waals surface area contributed by atoms with Gasteiger partial charge in [-0.05, 0) is 67.3 Å². The van der Waals surface area contributed by atoms with E-state index in [1.165, 1.54) is 17.0 Å². The minimum Gasteiger partial charge on any atom is -0.352 e. The highest BCUT2D eigenvalue weighted by Gasteiger charge is 2.34. The molecule has 7 nitrogen and oxygen atoms in total. The lowest BCUT2D eigenvalue weighted by Gasteiger charge is -2.34. The zero-order valence-electron chi connectivity index (χ0n) is 23.0. The second-order valence-electron chi connectivity index (χ2n) is 10.2. The van der Waals surface area contributed by atoms with Crippen LogP contribution in [-0.4, -0.2) is 43.8 Å². The Morgan fingerprint density at radius 3 is 2.22 bits per heavy atom. The first-order chi connectivity index (χ1) is 19.7. The van der Waals surface area contributed by atoms with Crippen molar-refractivity contribution in [1.82, 2.24) is 10.2 Å². The van der Waals surface area contributed by atoms with E-state index in [0.717, 1.165) is 40.9 Å². The molecule has 1 aliphatic carbocycles. The van der Waals surface area contributed by atoms with E-state index in [4.69, 9.17) is 11.6 Å². The Morgan fingerprint density at radius 2 is 1.59 bits per heavy atom. The number of halogens is 2. The summed E-state index contributed by atoms with van der Waals surface area (Å²) in [5.41, 5.74) is 1.01. The summed E-state index contributed by atoms with van der Waals surface area (Å²) in [4.78, 5) is 29.3. The quantitative estimate of drug-likeness (QED) is 0.253. The van der Waals surface area contributed by atoms with Crippen LogP contribution in [0.5, 0.6) is 0 Å². The molecule has 2 amide bonds. The number of carbonyl (C=O) groups is 2. The predicted octanol–water partition coefficient (Wildman–Crippen LogP) is 6.55. The second-order valence-corrected chi connectivity index (χ2v) is 13.4. The van der Waals surface area contributed by atoms with E-state index in [1.54, 1.807) is 54.6 Å². The average molecular weight is 661 g/mol. The summed E-state index contributed by atoms with van der Waals surface area (Å²) in [5.74, 6) is -0.737. The van der Waals surface area contributed by atoms with Gasteiger partial charge in [0.15, 0.2) is 0 Å². The van der Waals surface area contributed by atoms with E-state index < -0.39 is 28.5 Å². The van der Waals surface area contributed by atoms with Crippen LogP contribution in [0, 0.1) is 0 Å². The third-order valence-electron chi connectivity index (χ3n) is 7.36. The zero-order chi connectivity index (χ0) is 29.4. The predicted molar refractivity (Wildman–Crippen MR) is 166 cm³/mol. The highest BCUT2D eigenvalue weighted by atomic mass is 79.9. The highest BCUT2D eigenvalue weighted by Crippen LogP contribution is 2.27. The lowest BCUT2D eigenvalue weighted by Crippen LogP contribution is -2.54. The van der Waals surface area contributed by atoms with Crippen molar-refractivity contribution in [3.8, 4) is 0 Å². The van der Waals surface area contributed by atoms with E-state index in [1.807, 2.05) is 19.1 Å². The standard InChI is InChI=1S/C31H35BrClN3O4S/c1-2-29(31(38)34-25-12-5-3-6-13-25)35(21-23-11-9-10-16-28(23)33)30(37)22-36(26-19-17-24(32)18-20-26)41(39,40)27-14-7-4-8-15-27/h4,7-11,14-20,25,29H,2-3,5-6,12-13,21-22H2,1H3,(H,34,38). The van der Waals surface area contributed by atoms with E-state index in [9.17, 15) is 18.0 Å². The Morgan fingerprint density at radius 1 is 0.951 bits per heavy atom. The van der Waals surface area contributed by atoms with Gasteiger partial charge < -0.3 is 10.2 Å². The lowest BCUT2D eigenvalue weighted by molar-refractivity contribution is -0.140. The molecule has 4 rings (SSSR count). The van der Waals surface area contributed by atoms with Gasteiger partial charge in [-0.3, -0.25) is 13.9 Å². The van der Waals surface area contributed by atoms with Crippen LogP contribution in [-0.2, 0) is 26.2 Å². The fourth-order valence-corrected chi connectivity index (χ4v) is 7.02. The van der Waals surface area contributed by atoms with E-state index in [2.05, 4.69) is 21.2 Å². The van der Waals surface area contributed by atoms with Crippen molar-refractivity contribution in [2.45, 2.75) is 69.0 Å². The van der Waals surface area contributed by atoms with Gasteiger partial charge in [0.05, 0.1) is 10.6 Å². The maximum absolute atomic E-state index is 14.2. The molecule has 0 saturated heterocycles. The number of anilines is 1. The molecule has 1 aliphatic rings. The molecule has 1 unspecified atom stereocenters. The lowest BCUT2D eigenvalue weighted by atomic mass is 9.95. The Kier molecular flexibility index (Phi) is 10.9. The van der Waals surface area contributed by atoms with Gasteiger partial charge in [0.2, 0.25) is 11.8 Å². The van der Waals surface area contributed by atoms with E-state index in [-0.39, 0.29) is 23.4 Å². The highest BCUT2D eigenvalue weighted by molar-refractivity contribution is 9.10. The maximum Gasteiger partial charge on any atom is 0.264 e. The Bertz CT molecular complexity index is 1430. The SMILES string of the molecule is CCC(C(=O)NC1CCCCC1)N(Cc1ccccc1Cl)C(=O)CN(c1ccc(Br)cc1)S(=O)(=O)c1ccccc1. The van der Waals surface area contributed by atoms with Gasteiger partial charge >= 0.3 is 0 Å². The fraction of sp³-hybridized carbons (Fsp3) is 0.355. The third-order valence-corrected chi connectivity index (χ3v) is 10.0. The summed E-state index contributed by atoms with van der Waals surface area (Å²) in [7, 11) is -4.11. The van der Waals surface area contributed by atoms with Crippen LogP contribution in [0.25, 0.3) is 0 Å². The molecule has 1 N–H and O–H groups in total. The molecule has 0 aromatic heterocycles. The van der Waals surface area contributed by atoms with Crippen molar-refractivity contribution in [3.05, 3.63) is 93.9 Å². The largest absolute Gasteiger partial charge is 0.352 e. The van der Waals surface area contributed by atoms with E-state index in [0.29, 0.717) is 22.7 Å². The van der Waals surface area contributed by atoms with Crippen LogP contribution in [0.4, 0.5) is 5.69 Å². The van der Waals surface area contributed by atoms with Gasteiger partial charge in [0, 0.05) is 22.1 Å². The first-order valence-electron chi connectivity index (χ1n) is 13.9. The summed E-state index contributed by atoms with van der Waals surface area (Å²) >= 11 is 9.87. The number of benzene rings is 3. The monoisotopic (exact) mass is 659 g/mol. The molecular formula is C31H35BrClN3O4S. The molecule has 41 heavy (non-hydrogen) atoms. The molecule has 1 atom stereocenters. The molecule has 10 heteroatoms. The van der Waals surface area contributed by atoms with Crippen LogP contribution in [0.2, 0.25) is 5.02 Å². The Labute approximate surface area is 256 Å². The third kappa shape index (κ3) is 7.90. The number of nitrogens with one attached hydrogen (secondary N) is 1. The summed E-state index contributed by atoms with van der Waals surface area (Å²) < 4.78 is 29.6. The van der Waals surface area contributed by atoms with Crippen LogP contribution in [0.15, 0.2) is 88.2 Å². The van der Waals surface area contributed by atoms with Gasteiger partial charge in [0.1, 0.15) is 12.6 Å². The molecule has 3 aromatic rings. The molecule has 0 aliphatic heterocycles. The number of sulfonamides is 1. The minimum absolute atomic E-state index is 0.0641. The first-order valence-corrected chi connectivity index (χ1v) is 16.5. The first kappa shape index (κ1) is 31.1. The Hall–Kier alpha value is -2.88. The van der Waals surface area contributed by atoms with Crippen LogP contribution < -0.4 is 9.62 Å². The van der Waals surface area contributed by atoms with Crippen molar-refractivity contribution in [3.63, 3.8) is 0 Å². The number of nitrogens with zero attached hydrogens (tertiary/aromatic N) is 2. The summed E-state index contributed by atoms with van der Waals surface area (Å²) in [6, 6.07) is 21.2. The number of hydrogen-bond acceptors (Lipinski definition) is 4. The topological polar surface area (TPSA) is 86.8 Å². The molecule has 0 heterocycles. The molecule has 1 saturated carbocycles. The Balaban J connectivity index is 1.70. The summed E-state index contributed by atoms with van der Waals surface area (Å²) in [6.07, 6.45) is 5.45. The number of amides is 2. The van der Waals surface area contributed by atoms with Crippen LogP contribution in [0.1, 0.15) is 51.0 Å². The molecule has 0 bridgehead atoms. The second kappa shape index (κ2) is 14.3. The van der Waals surface area contributed by atoms with Crippen LogP contribution >= 0.6 is 27.5 Å². The van der Waals surface area contributed by atoms with Crippen molar-refractivity contribution >= 4 is 55.1 Å². The minimum atomic E-state index is -4.11. The van der Waals surface area contributed by atoms with Crippen molar-refractivity contribution in [2.75, 3.05) is 10.8 Å².